The van der Waals surface area contributed by atoms with Crippen LogP contribution in [0.2, 0.25) is 0 Å². The van der Waals surface area contributed by atoms with Crippen LogP contribution in [0.1, 0.15) is 36.8 Å². The van der Waals surface area contributed by atoms with Crippen LogP contribution >= 0.6 is 0 Å². The first-order chi connectivity index (χ1) is 15.4. The summed E-state index contributed by atoms with van der Waals surface area (Å²) in [6.07, 6.45) is 0.0667. The molecule has 2 atom stereocenters. The molecule has 2 aromatic heterocycles. The van der Waals surface area contributed by atoms with Crippen molar-refractivity contribution in [2.45, 2.75) is 50.6 Å². The molecule has 0 spiro atoms. The summed E-state index contributed by atoms with van der Waals surface area (Å²) in [7, 11) is 0. The second-order valence-electron chi connectivity index (χ2n) is 7.82. The number of hydrogen-bond donors (Lipinski definition) is 3. The molecule has 1 saturated carbocycles. The number of nitrogens with zero attached hydrogens (tertiary/aromatic N) is 3. The predicted octanol–water partition coefficient (Wildman–Crippen LogP) is 4.88. The lowest BCUT2D eigenvalue weighted by Gasteiger charge is -2.29. The van der Waals surface area contributed by atoms with Gasteiger partial charge in [0.2, 0.25) is 5.95 Å². The van der Waals surface area contributed by atoms with Crippen LogP contribution in [-0.2, 0) is 12.7 Å². The molecule has 0 amide bonds. The molecule has 1 fully saturated rings. The van der Waals surface area contributed by atoms with Crippen molar-refractivity contribution in [3.8, 4) is 11.3 Å². The maximum absolute atomic E-state index is 13.5. The number of alkyl halides is 3. The molecule has 0 saturated heterocycles. The Hall–Kier alpha value is -3.20. The van der Waals surface area contributed by atoms with Crippen molar-refractivity contribution in [1.29, 1.82) is 0 Å². The van der Waals surface area contributed by atoms with E-state index >= 15 is 0 Å². The van der Waals surface area contributed by atoms with Gasteiger partial charge >= 0.3 is 6.18 Å². The van der Waals surface area contributed by atoms with Crippen molar-refractivity contribution in [2.24, 2.45) is 0 Å². The average Bonchev–Trinajstić information content (AvgIpc) is 2.79. The Bertz CT molecular complexity index is 1030. The zero-order valence-corrected chi connectivity index (χ0v) is 17.3. The number of anilines is 2. The molecule has 0 bridgehead atoms. The molecule has 4 rings (SSSR count). The van der Waals surface area contributed by atoms with Crippen molar-refractivity contribution in [3.63, 3.8) is 0 Å². The Balaban J connectivity index is 1.47. The number of halogens is 3. The maximum Gasteiger partial charge on any atom is 0.421 e. The number of pyridine rings is 1. The Morgan fingerprint density at radius 2 is 1.78 bits per heavy atom. The van der Waals surface area contributed by atoms with Gasteiger partial charge in [0.05, 0.1) is 17.8 Å². The van der Waals surface area contributed by atoms with Crippen LogP contribution in [0.3, 0.4) is 0 Å². The molecule has 32 heavy (non-hydrogen) atoms. The van der Waals surface area contributed by atoms with Gasteiger partial charge in [-0.05, 0) is 30.5 Å². The van der Waals surface area contributed by atoms with Gasteiger partial charge in [0.1, 0.15) is 11.4 Å². The first-order valence-electron chi connectivity index (χ1n) is 10.5. The van der Waals surface area contributed by atoms with Crippen LogP contribution in [0.4, 0.5) is 24.9 Å². The van der Waals surface area contributed by atoms with E-state index in [1.807, 2.05) is 42.5 Å². The lowest BCUT2D eigenvalue weighted by molar-refractivity contribution is -0.137. The first kappa shape index (κ1) is 22.0. The fourth-order valence-corrected chi connectivity index (χ4v) is 3.75. The SMILES string of the molecule is O[C@@H]1CCCC[C@H]1Nc1nc(NCc2ccc(-c3ccccn3)cc2)ncc1C(F)(F)F. The molecule has 168 valence electrons. The average molecular weight is 443 g/mol. The molecular weight excluding hydrogens is 419 g/mol. The predicted molar refractivity (Wildman–Crippen MR) is 116 cm³/mol. The lowest BCUT2D eigenvalue weighted by atomic mass is 9.92. The van der Waals surface area contributed by atoms with Crippen LogP contribution in [0.15, 0.2) is 54.9 Å². The van der Waals surface area contributed by atoms with Crippen LogP contribution in [-0.4, -0.2) is 32.2 Å². The summed E-state index contributed by atoms with van der Waals surface area (Å²) in [6.45, 7) is 0.347. The number of aliphatic hydroxyl groups is 1. The van der Waals surface area contributed by atoms with Gasteiger partial charge in [0, 0.05) is 24.5 Å². The molecule has 3 aromatic rings. The highest BCUT2D eigenvalue weighted by Gasteiger charge is 2.36. The van der Waals surface area contributed by atoms with Gasteiger partial charge in [0.25, 0.3) is 0 Å². The molecule has 1 aliphatic carbocycles. The summed E-state index contributed by atoms with van der Waals surface area (Å²) in [5, 5.41) is 15.9. The monoisotopic (exact) mass is 443 g/mol. The van der Waals surface area contributed by atoms with Gasteiger partial charge in [-0.1, -0.05) is 43.2 Å². The van der Waals surface area contributed by atoms with Gasteiger partial charge in [-0.2, -0.15) is 18.2 Å². The van der Waals surface area contributed by atoms with Crippen molar-refractivity contribution >= 4 is 11.8 Å². The molecule has 6 nitrogen and oxygen atoms in total. The van der Waals surface area contributed by atoms with Gasteiger partial charge < -0.3 is 15.7 Å². The third kappa shape index (κ3) is 5.34. The summed E-state index contributed by atoms with van der Waals surface area (Å²) in [5.74, 6) is -0.231. The quantitative estimate of drug-likeness (QED) is 0.504. The molecule has 3 N–H and O–H groups in total. The second-order valence-corrected chi connectivity index (χ2v) is 7.82. The van der Waals surface area contributed by atoms with Crippen molar-refractivity contribution in [3.05, 3.63) is 66.0 Å². The van der Waals surface area contributed by atoms with E-state index in [9.17, 15) is 18.3 Å². The van der Waals surface area contributed by atoms with Crippen molar-refractivity contribution in [1.82, 2.24) is 15.0 Å². The first-order valence-corrected chi connectivity index (χ1v) is 10.5. The highest BCUT2D eigenvalue weighted by atomic mass is 19.4. The van der Waals surface area contributed by atoms with Crippen LogP contribution in [0, 0.1) is 0 Å². The molecule has 2 heterocycles. The number of hydrogen-bond acceptors (Lipinski definition) is 6. The second kappa shape index (κ2) is 9.52. The Morgan fingerprint density at radius 3 is 2.47 bits per heavy atom. The molecule has 1 aromatic carbocycles. The van der Waals surface area contributed by atoms with Crippen LogP contribution < -0.4 is 10.6 Å². The molecule has 0 unspecified atom stereocenters. The minimum atomic E-state index is -4.60. The van der Waals surface area contributed by atoms with Crippen molar-refractivity contribution < 1.29 is 18.3 Å². The highest BCUT2D eigenvalue weighted by molar-refractivity contribution is 5.59. The van der Waals surface area contributed by atoms with Gasteiger partial charge in [-0.3, -0.25) is 4.98 Å². The van der Waals surface area contributed by atoms with Gasteiger partial charge in [-0.15, -0.1) is 0 Å². The minimum absolute atomic E-state index is 0.0830. The number of rotatable bonds is 6. The van der Waals surface area contributed by atoms with Crippen LogP contribution in [0.5, 0.6) is 0 Å². The zero-order chi connectivity index (χ0) is 22.6. The normalized spacial score (nSPS) is 18.9. The maximum atomic E-state index is 13.5. The lowest BCUT2D eigenvalue weighted by Crippen LogP contribution is -2.37. The third-order valence-corrected chi connectivity index (χ3v) is 5.51. The van der Waals surface area contributed by atoms with Crippen LogP contribution in [0.25, 0.3) is 11.3 Å². The number of aromatic nitrogens is 3. The van der Waals surface area contributed by atoms with E-state index in [0.717, 1.165) is 35.9 Å². The molecular formula is C23H24F3N5O. The molecule has 9 heteroatoms. The summed E-state index contributed by atoms with van der Waals surface area (Å²) in [6, 6.07) is 12.9. The van der Waals surface area contributed by atoms with E-state index in [1.54, 1.807) is 6.20 Å². The van der Waals surface area contributed by atoms with Gasteiger partial charge in [0.15, 0.2) is 0 Å². The number of benzene rings is 1. The van der Waals surface area contributed by atoms with Crippen molar-refractivity contribution in [2.75, 3.05) is 10.6 Å². The minimum Gasteiger partial charge on any atom is -0.391 e. The number of aliphatic hydroxyl groups excluding tert-OH is 1. The topological polar surface area (TPSA) is 83.0 Å². The number of nitrogens with one attached hydrogen (secondary N) is 2. The smallest absolute Gasteiger partial charge is 0.391 e. The van der Waals surface area contributed by atoms with E-state index in [-0.39, 0.29) is 11.8 Å². The van der Waals surface area contributed by atoms with Gasteiger partial charge in [-0.25, -0.2) is 4.98 Å². The molecule has 1 aliphatic rings. The van der Waals surface area contributed by atoms with E-state index in [4.69, 9.17) is 0 Å². The van der Waals surface area contributed by atoms with E-state index in [1.165, 1.54) is 0 Å². The Labute approximate surface area is 184 Å². The Kier molecular flexibility index (Phi) is 6.55. The summed E-state index contributed by atoms with van der Waals surface area (Å²) < 4.78 is 40.4. The zero-order valence-electron chi connectivity index (χ0n) is 17.3. The summed E-state index contributed by atoms with van der Waals surface area (Å²) in [5.41, 5.74) is 1.81. The fraction of sp³-hybridized carbons (Fsp3) is 0.348. The standard InChI is InChI=1S/C23H24F3N5O/c24-23(25,26)17-14-29-22(31-21(17)30-19-6-1-2-7-20(19)32)28-13-15-8-10-16(11-9-15)18-5-3-4-12-27-18/h3-5,8-12,14,19-20,32H,1-2,6-7,13H2,(H2,28,29,30,31)/t19-,20-/m1/s1. The fourth-order valence-electron chi connectivity index (χ4n) is 3.75. The van der Waals surface area contributed by atoms with E-state index < -0.39 is 23.9 Å². The summed E-state index contributed by atoms with van der Waals surface area (Å²) >= 11 is 0. The van der Waals surface area contributed by atoms with E-state index in [0.29, 0.717) is 19.4 Å². The molecule has 0 radical (unpaired) electrons. The summed E-state index contributed by atoms with van der Waals surface area (Å²) in [4.78, 5) is 12.2. The third-order valence-electron chi connectivity index (χ3n) is 5.51. The molecule has 0 aliphatic heterocycles. The largest absolute Gasteiger partial charge is 0.421 e. The van der Waals surface area contributed by atoms with E-state index in [2.05, 4.69) is 25.6 Å². The Morgan fingerprint density at radius 1 is 1.00 bits per heavy atom. The highest BCUT2D eigenvalue weighted by Crippen LogP contribution is 2.35.